The number of hydrogen-bond acceptors (Lipinski definition) is 2. The summed E-state index contributed by atoms with van der Waals surface area (Å²) in [6.07, 6.45) is 13.2. The van der Waals surface area contributed by atoms with Gasteiger partial charge in [0.15, 0.2) is 0 Å². The molecular formula is C20H29NO. The van der Waals surface area contributed by atoms with Crippen molar-refractivity contribution in [1.82, 2.24) is 0 Å². The number of hydrogen-bond donors (Lipinski definition) is 1. The number of aliphatic hydroxyl groups excluding tert-OH is 1. The lowest BCUT2D eigenvalue weighted by Gasteiger charge is -2.38. The summed E-state index contributed by atoms with van der Waals surface area (Å²) in [6, 6.07) is 0. The fourth-order valence-corrected chi connectivity index (χ4v) is 4.80. The minimum Gasteiger partial charge on any atom is -0.393 e. The fourth-order valence-electron chi connectivity index (χ4n) is 4.80. The van der Waals surface area contributed by atoms with E-state index in [1.165, 1.54) is 42.5 Å². The summed E-state index contributed by atoms with van der Waals surface area (Å²) in [5.41, 5.74) is 5.77. The summed E-state index contributed by atoms with van der Waals surface area (Å²) in [4.78, 5) is 4.58. The maximum Gasteiger partial charge on any atom is 0.0583 e. The van der Waals surface area contributed by atoms with Gasteiger partial charge in [0.2, 0.25) is 0 Å². The fraction of sp³-hybridized carbons (Fsp3) is 0.650. The molecule has 0 aromatic heterocycles. The van der Waals surface area contributed by atoms with Crippen molar-refractivity contribution >= 4 is 5.71 Å². The average Bonchev–Trinajstić information content (AvgIpc) is 2.85. The zero-order valence-corrected chi connectivity index (χ0v) is 14.1. The first-order valence-corrected chi connectivity index (χ1v) is 8.76. The lowest BCUT2D eigenvalue weighted by atomic mass is 9.66. The summed E-state index contributed by atoms with van der Waals surface area (Å²) >= 11 is 0. The van der Waals surface area contributed by atoms with Crippen LogP contribution in [-0.4, -0.2) is 24.0 Å². The van der Waals surface area contributed by atoms with Crippen LogP contribution in [0.4, 0.5) is 0 Å². The Kier molecular flexibility index (Phi) is 4.40. The van der Waals surface area contributed by atoms with Crippen molar-refractivity contribution in [3.8, 4) is 0 Å². The Bertz CT molecular complexity index is 554. The van der Waals surface area contributed by atoms with Gasteiger partial charge in [-0.15, -0.1) is 0 Å². The maximum atomic E-state index is 9.87. The predicted molar refractivity (Wildman–Crippen MR) is 93.2 cm³/mol. The van der Waals surface area contributed by atoms with Gasteiger partial charge in [-0.1, -0.05) is 36.8 Å². The second-order valence-corrected chi connectivity index (χ2v) is 7.47. The molecule has 120 valence electrons. The average molecular weight is 299 g/mol. The topological polar surface area (TPSA) is 32.6 Å². The number of nitrogens with zero attached hydrogens (tertiary/aromatic N) is 1. The zero-order chi connectivity index (χ0) is 15.7. The molecule has 3 atom stereocenters. The highest BCUT2D eigenvalue weighted by Gasteiger charge is 2.46. The molecule has 2 heteroatoms. The van der Waals surface area contributed by atoms with Gasteiger partial charge in [-0.3, -0.25) is 4.99 Å². The smallest absolute Gasteiger partial charge is 0.0583 e. The van der Waals surface area contributed by atoms with Gasteiger partial charge in [0.05, 0.1) is 6.10 Å². The molecule has 3 aliphatic carbocycles. The van der Waals surface area contributed by atoms with Crippen LogP contribution in [0, 0.1) is 11.3 Å². The van der Waals surface area contributed by atoms with Crippen molar-refractivity contribution in [2.24, 2.45) is 16.3 Å². The van der Waals surface area contributed by atoms with E-state index < -0.39 is 0 Å². The first-order chi connectivity index (χ1) is 10.5. The summed E-state index contributed by atoms with van der Waals surface area (Å²) in [7, 11) is 1.95. The Balaban J connectivity index is 1.84. The van der Waals surface area contributed by atoms with Crippen LogP contribution >= 0.6 is 0 Å². The first-order valence-electron chi connectivity index (χ1n) is 8.76. The second-order valence-electron chi connectivity index (χ2n) is 7.47. The van der Waals surface area contributed by atoms with Crippen LogP contribution in [0.2, 0.25) is 0 Å². The Morgan fingerprint density at radius 1 is 1.23 bits per heavy atom. The van der Waals surface area contributed by atoms with Crippen LogP contribution in [0.1, 0.15) is 58.3 Å². The van der Waals surface area contributed by atoms with E-state index >= 15 is 0 Å². The third kappa shape index (κ3) is 2.74. The highest BCUT2D eigenvalue weighted by Crippen LogP contribution is 2.52. The summed E-state index contributed by atoms with van der Waals surface area (Å²) in [6.45, 7) is 6.58. The molecule has 2 nitrogen and oxygen atoms in total. The minimum absolute atomic E-state index is 0.183. The Hall–Kier alpha value is -1.15. The molecule has 0 saturated heterocycles. The van der Waals surface area contributed by atoms with Crippen LogP contribution < -0.4 is 0 Å². The second kappa shape index (κ2) is 6.16. The van der Waals surface area contributed by atoms with Crippen LogP contribution in [-0.2, 0) is 0 Å². The number of fused-ring (bicyclic) bond motifs is 1. The minimum atomic E-state index is -0.183. The quantitative estimate of drug-likeness (QED) is 0.753. The molecule has 0 aliphatic heterocycles. The van der Waals surface area contributed by atoms with Gasteiger partial charge in [0.25, 0.3) is 0 Å². The van der Waals surface area contributed by atoms with E-state index in [-0.39, 0.29) is 6.10 Å². The number of allylic oxidation sites excluding steroid dienone is 4. The molecule has 0 aromatic rings. The standard InChI is InChI=1S/C20H29NO/c1-14-6-9-17(22)13-16(14)8-7-15-5-4-12-20(2)18(15)10-11-19(20)21-3/h7-8,17-18,22H,1,4-6,9-13H2,2-3H3/b15-7+,16-8-,21-19?/t17-,18?,20+/m1/s1. The van der Waals surface area contributed by atoms with Gasteiger partial charge in [-0.05, 0) is 62.9 Å². The monoisotopic (exact) mass is 299 g/mol. The molecule has 3 aliphatic rings. The van der Waals surface area contributed by atoms with Gasteiger partial charge in [0.1, 0.15) is 0 Å². The van der Waals surface area contributed by atoms with E-state index in [9.17, 15) is 5.11 Å². The molecule has 0 heterocycles. The van der Waals surface area contributed by atoms with Gasteiger partial charge in [-0.2, -0.15) is 0 Å². The van der Waals surface area contributed by atoms with Gasteiger partial charge >= 0.3 is 0 Å². The van der Waals surface area contributed by atoms with E-state index in [4.69, 9.17) is 0 Å². The normalized spacial score (nSPS) is 41.4. The van der Waals surface area contributed by atoms with E-state index in [1.54, 1.807) is 5.57 Å². The summed E-state index contributed by atoms with van der Waals surface area (Å²) < 4.78 is 0. The van der Waals surface area contributed by atoms with Crippen molar-refractivity contribution in [3.05, 3.63) is 35.5 Å². The molecule has 1 unspecified atom stereocenters. The lowest BCUT2D eigenvalue weighted by Crippen LogP contribution is -2.33. The molecule has 3 saturated carbocycles. The van der Waals surface area contributed by atoms with Gasteiger partial charge in [0, 0.05) is 18.2 Å². The first kappa shape index (κ1) is 15.7. The lowest BCUT2D eigenvalue weighted by molar-refractivity contribution is 0.158. The van der Waals surface area contributed by atoms with Crippen molar-refractivity contribution in [2.75, 3.05) is 7.05 Å². The molecule has 1 N–H and O–H groups in total. The third-order valence-electron chi connectivity index (χ3n) is 6.16. The molecule has 3 rings (SSSR count). The van der Waals surface area contributed by atoms with Crippen LogP contribution in [0.25, 0.3) is 0 Å². The van der Waals surface area contributed by atoms with Crippen LogP contribution in [0.5, 0.6) is 0 Å². The number of aliphatic hydroxyl groups is 1. The van der Waals surface area contributed by atoms with Crippen molar-refractivity contribution in [1.29, 1.82) is 0 Å². The van der Waals surface area contributed by atoms with E-state index in [0.717, 1.165) is 25.7 Å². The van der Waals surface area contributed by atoms with Crippen molar-refractivity contribution < 1.29 is 5.11 Å². The summed E-state index contributed by atoms with van der Waals surface area (Å²) in [5, 5.41) is 9.87. The number of aliphatic imine (C=N–C) groups is 1. The SMILES string of the molecule is C=C1CC[C@@H](O)C/C1=C/C=C1\CCC[C@]2(C)C(=NC)CCC12. The molecule has 0 spiro atoms. The number of rotatable bonds is 1. The highest BCUT2D eigenvalue weighted by molar-refractivity contribution is 5.92. The van der Waals surface area contributed by atoms with Gasteiger partial charge in [-0.25, -0.2) is 0 Å². The molecule has 0 amide bonds. The molecule has 0 aromatic carbocycles. The Morgan fingerprint density at radius 2 is 2.05 bits per heavy atom. The van der Waals surface area contributed by atoms with Crippen LogP contribution in [0.3, 0.4) is 0 Å². The van der Waals surface area contributed by atoms with Crippen molar-refractivity contribution in [2.45, 2.75) is 64.4 Å². The third-order valence-corrected chi connectivity index (χ3v) is 6.16. The molecule has 22 heavy (non-hydrogen) atoms. The molecular weight excluding hydrogens is 270 g/mol. The van der Waals surface area contributed by atoms with E-state index in [0.29, 0.717) is 11.3 Å². The van der Waals surface area contributed by atoms with Crippen LogP contribution in [0.15, 0.2) is 40.4 Å². The molecule has 0 bridgehead atoms. The summed E-state index contributed by atoms with van der Waals surface area (Å²) in [5.74, 6) is 0.665. The Labute approximate surface area is 134 Å². The van der Waals surface area contributed by atoms with Gasteiger partial charge < -0.3 is 5.11 Å². The molecule has 3 fully saturated rings. The maximum absolute atomic E-state index is 9.87. The molecule has 0 radical (unpaired) electrons. The highest BCUT2D eigenvalue weighted by atomic mass is 16.3. The zero-order valence-electron chi connectivity index (χ0n) is 14.1. The van der Waals surface area contributed by atoms with E-state index in [2.05, 4.69) is 30.6 Å². The van der Waals surface area contributed by atoms with E-state index in [1.807, 2.05) is 7.05 Å². The van der Waals surface area contributed by atoms with Crippen molar-refractivity contribution in [3.63, 3.8) is 0 Å². The predicted octanol–water partition coefficient (Wildman–Crippen LogP) is 4.61. The largest absolute Gasteiger partial charge is 0.393 e. The Morgan fingerprint density at radius 3 is 2.82 bits per heavy atom.